The van der Waals surface area contributed by atoms with Crippen molar-refractivity contribution in [1.29, 1.82) is 5.41 Å². The van der Waals surface area contributed by atoms with Crippen LogP contribution in [0.4, 0.5) is 0 Å². The number of nitrogens with zero attached hydrogens (tertiary/aromatic N) is 2. The summed E-state index contributed by atoms with van der Waals surface area (Å²) in [4.78, 5) is 4.76. The summed E-state index contributed by atoms with van der Waals surface area (Å²) in [6, 6.07) is 25.0. The molecule has 0 atom stereocenters. The van der Waals surface area contributed by atoms with Crippen molar-refractivity contribution in [2.45, 2.75) is 19.9 Å². The van der Waals surface area contributed by atoms with Gasteiger partial charge in [0, 0.05) is 24.5 Å². The first-order valence-electron chi connectivity index (χ1n) is 10.2. The monoisotopic (exact) mass is 394 g/mol. The fourth-order valence-corrected chi connectivity index (χ4v) is 3.73. The number of aryl methyl sites for hydroxylation is 1. The smallest absolute Gasteiger partial charge is 0.106 e. The van der Waals surface area contributed by atoms with Gasteiger partial charge in [-0.1, -0.05) is 66.7 Å². The highest BCUT2D eigenvalue weighted by atomic mass is 15.1. The van der Waals surface area contributed by atoms with Gasteiger partial charge in [-0.2, -0.15) is 0 Å². The summed E-state index contributed by atoms with van der Waals surface area (Å²) in [6.45, 7) is 3.39. The topological polar surface area (TPSA) is 67.7 Å². The van der Waals surface area contributed by atoms with E-state index in [9.17, 15) is 0 Å². The van der Waals surface area contributed by atoms with Gasteiger partial charge < -0.3 is 15.7 Å². The van der Waals surface area contributed by atoms with Crippen molar-refractivity contribution in [2.75, 3.05) is 6.54 Å². The fourth-order valence-electron chi connectivity index (χ4n) is 3.73. The van der Waals surface area contributed by atoms with E-state index in [1.807, 2.05) is 31.2 Å². The minimum Gasteiger partial charge on any atom is -0.330 e. The maximum absolute atomic E-state index is 7.67. The van der Waals surface area contributed by atoms with Crippen LogP contribution in [0.15, 0.2) is 79.0 Å². The zero-order valence-electron chi connectivity index (χ0n) is 17.2. The van der Waals surface area contributed by atoms with E-state index in [0.29, 0.717) is 13.1 Å². The Kier molecular flexibility index (Phi) is 5.87. The normalized spacial score (nSPS) is 10.9. The first-order chi connectivity index (χ1) is 14.7. The molecule has 4 nitrogen and oxygen atoms in total. The van der Waals surface area contributed by atoms with Crippen LogP contribution in [-0.2, 0) is 13.0 Å². The Labute approximate surface area is 177 Å². The third kappa shape index (κ3) is 4.24. The minimum absolute atomic E-state index is 0.655. The molecule has 0 aliphatic carbocycles. The van der Waals surface area contributed by atoms with Crippen molar-refractivity contribution in [3.05, 3.63) is 102 Å². The van der Waals surface area contributed by atoms with E-state index in [1.54, 1.807) is 0 Å². The zero-order chi connectivity index (χ0) is 20.9. The summed E-state index contributed by atoms with van der Waals surface area (Å²) in [5, 5.41) is 7.67. The Morgan fingerprint density at radius 3 is 2.43 bits per heavy atom. The number of nitrogens with two attached hydrogens (primary N) is 1. The molecule has 0 spiro atoms. The quantitative estimate of drug-likeness (QED) is 0.430. The molecule has 4 aromatic rings. The third-order valence-electron chi connectivity index (χ3n) is 5.38. The lowest BCUT2D eigenvalue weighted by Gasteiger charge is -2.13. The predicted octanol–water partition coefficient (Wildman–Crippen LogP) is 5.07. The Hall–Kier alpha value is -3.50. The third-order valence-corrected chi connectivity index (χ3v) is 5.38. The van der Waals surface area contributed by atoms with Crippen molar-refractivity contribution in [3.8, 4) is 22.4 Å². The summed E-state index contributed by atoms with van der Waals surface area (Å²) in [5.41, 5.74) is 13.4. The van der Waals surface area contributed by atoms with Crippen molar-refractivity contribution in [3.63, 3.8) is 0 Å². The van der Waals surface area contributed by atoms with Gasteiger partial charge in [-0.3, -0.25) is 0 Å². The number of benzene rings is 3. The molecule has 0 fully saturated rings. The lowest BCUT2D eigenvalue weighted by atomic mass is 9.96. The Morgan fingerprint density at radius 2 is 1.73 bits per heavy atom. The Bertz CT molecular complexity index is 1140. The first kappa shape index (κ1) is 19.8. The van der Waals surface area contributed by atoms with E-state index >= 15 is 0 Å². The number of imidazole rings is 1. The molecule has 0 aliphatic rings. The zero-order valence-corrected chi connectivity index (χ0v) is 17.2. The largest absolute Gasteiger partial charge is 0.330 e. The molecule has 4 rings (SSSR count). The van der Waals surface area contributed by atoms with E-state index in [1.165, 1.54) is 28.5 Å². The number of nitrogens with one attached hydrogen (secondary N) is 1. The first-order valence-corrected chi connectivity index (χ1v) is 10.2. The molecule has 3 aromatic carbocycles. The lowest BCUT2D eigenvalue weighted by Crippen LogP contribution is -2.04. The van der Waals surface area contributed by atoms with Gasteiger partial charge in [-0.05, 0) is 53.8 Å². The van der Waals surface area contributed by atoms with Gasteiger partial charge >= 0.3 is 0 Å². The second kappa shape index (κ2) is 8.89. The van der Waals surface area contributed by atoms with Crippen LogP contribution >= 0.6 is 0 Å². The molecule has 0 radical (unpaired) electrons. The van der Waals surface area contributed by atoms with Gasteiger partial charge in [0.05, 0.1) is 5.69 Å². The molecule has 0 amide bonds. The van der Waals surface area contributed by atoms with Gasteiger partial charge in [0.15, 0.2) is 0 Å². The van der Waals surface area contributed by atoms with Crippen molar-refractivity contribution < 1.29 is 0 Å². The summed E-state index contributed by atoms with van der Waals surface area (Å²) >= 11 is 0. The number of rotatable bonds is 7. The number of hydrogen-bond donors (Lipinski definition) is 2. The predicted molar refractivity (Wildman–Crippen MR) is 124 cm³/mol. The highest BCUT2D eigenvalue weighted by Gasteiger charge is 2.11. The molecule has 0 unspecified atom stereocenters. The van der Waals surface area contributed by atoms with Gasteiger partial charge in [-0.25, -0.2) is 4.98 Å². The molecule has 30 heavy (non-hydrogen) atoms. The van der Waals surface area contributed by atoms with Crippen LogP contribution in [0, 0.1) is 12.3 Å². The number of hydrogen-bond acceptors (Lipinski definition) is 3. The summed E-state index contributed by atoms with van der Waals surface area (Å²) < 4.78 is 2.18. The molecule has 4 heteroatoms. The highest BCUT2D eigenvalue weighted by molar-refractivity contribution is 5.80. The maximum Gasteiger partial charge on any atom is 0.106 e. The fraction of sp³-hybridized carbons (Fsp3) is 0.154. The van der Waals surface area contributed by atoms with Crippen molar-refractivity contribution >= 4 is 6.21 Å². The van der Waals surface area contributed by atoms with Gasteiger partial charge in [0.25, 0.3) is 0 Å². The average molecular weight is 395 g/mol. The van der Waals surface area contributed by atoms with E-state index in [-0.39, 0.29) is 0 Å². The van der Waals surface area contributed by atoms with Crippen LogP contribution < -0.4 is 5.73 Å². The summed E-state index contributed by atoms with van der Waals surface area (Å²) in [6.07, 6.45) is 4.39. The second-order valence-corrected chi connectivity index (χ2v) is 7.46. The van der Waals surface area contributed by atoms with Gasteiger partial charge in [0.1, 0.15) is 5.82 Å². The van der Waals surface area contributed by atoms with Crippen LogP contribution in [0.3, 0.4) is 0 Å². The number of aromatic nitrogens is 2. The molecule has 0 aliphatic heterocycles. The lowest BCUT2D eigenvalue weighted by molar-refractivity contribution is 0.763. The van der Waals surface area contributed by atoms with Crippen molar-refractivity contribution in [1.82, 2.24) is 9.55 Å². The Balaban J connectivity index is 1.70. The summed E-state index contributed by atoms with van der Waals surface area (Å²) in [7, 11) is 0. The van der Waals surface area contributed by atoms with Crippen LogP contribution in [-0.4, -0.2) is 22.3 Å². The van der Waals surface area contributed by atoms with Crippen molar-refractivity contribution in [2.24, 2.45) is 5.73 Å². The van der Waals surface area contributed by atoms with Crippen LogP contribution in [0.5, 0.6) is 0 Å². The van der Waals surface area contributed by atoms with E-state index < -0.39 is 0 Å². The molecular weight excluding hydrogens is 368 g/mol. The molecule has 0 saturated heterocycles. The van der Waals surface area contributed by atoms with Gasteiger partial charge in [-0.15, -0.1) is 0 Å². The second-order valence-electron chi connectivity index (χ2n) is 7.46. The minimum atomic E-state index is 0.655. The summed E-state index contributed by atoms with van der Waals surface area (Å²) in [5.74, 6) is 0.971. The molecular formula is C26H26N4. The SMILES string of the molecule is Cc1nc(-c2ccccc2)cn1Cc1cc(C=N)ccc1-c1ccc(CCN)cc1. The standard InChI is InChI=1S/C26H26N4/c1-19-29-26(23-5-3-2-4-6-23)18-30(19)17-24-15-21(16-28)9-12-25(24)22-10-7-20(8-11-22)13-14-27/h2-12,15-16,18,28H,13-14,17,27H2,1H3. The highest BCUT2D eigenvalue weighted by Crippen LogP contribution is 2.27. The molecule has 150 valence electrons. The maximum atomic E-state index is 7.67. The molecule has 1 heterocycles. The van der Waals surface area contributed by atoms with Crippen LogP contribution in [0.1, 0.15) is 22.5 Å². The van der Waals surface area contributed by atoms with E-state index in [2.05, 4.69) is 59.3 Å². The van der Waals surface area contributed by atoms with Crippen LogP contribution in [0.2, 0.25) is 0 Å². The Morgan fingerprint density at radius 1 is 0.967 bits per heavy atom. The molecule has 0 saturated carbocycles. The average Bonchev–Trinajstić information content (AvgIpc) is 3.15. The van der Waals surface area contributed by atoms with E-state index in [0.717, 1.165) is 29.1 Å². The molecule has 3 N–H and O–H groups in total. The van der Waals surface area contributed by atoms with E-state index in [4.69, 9.17) is 16.1 Å². The van der Waals surface area contributed by atoms with Gasteiger partial charge in [0.2, 0.25) is 0 Å². The molecule has 0 bridgehead atoms. The van der Waals surface area contributed by atoms with Crippen LogP contribution in [0.25, 0.3) is 22.4 Å². The molecule has 1 aromatic heterocycles.